The van der Waals surface area contributed by atoms with Gasteiger partial charge in [-0.2, -0.15) is 4.98 Å². The van der Waals surface area contributed by atoms with Crippen LogP contribution in [0.25, 0.3) is 0 Å². The van der Waals surface area contributed by atoms with Gasteiger partial charge in [0.1, 0.15) is 11.8 Å². The van der Waals surface area contributed by atoms with Gasteiger partial charge in [-0.15, -0.1) is 5.10 Å². The fourth-order valence-corrected chi connectivity index (χ4v) is 5.82. The van der Waals surface area contributed by atoms with E-state index in [1.807, 2.05) is 79.7 Å². The van der Waals surface area contributed by atoms with E-state index in [0.717, 1.165) is 22.0 Å². The van der Waals surface area contributed by atoms with E-state index in [9.17, 15) is 4.79 Å². The van der Waals surface area contributed by atoms with E-state index in [4.69, 9.17) is 26.4 Å². The summed E-state index contributed by atoms with van der Waals surface area (Å²) in [6.07, 6.45) is 0.857. The molecule has 1 aliphatic rings. The van der Waals surface area contributed by atoms with Crippen LogP contribution in [0, 0.1) is 0 Å². The monoisotopic (exact) mass is 623 g/mol. The summed E-state index contributed by atoms with van der Waals surface area (Å²) in [5, 5.41) is 12.5. The van der Waals surface area contributed by atoms with Gasteiger partial charge < -0.3 is 15.4 Å². The number of nitrogens with one attached hydrogen (secondary N) is 2. The number of halogens is 2. The zero-order valence-corrected chi connectivity index (χ0v) is 24.6. The first kappa shape index (κ1) is 27.3. The van der Waals surface area contributed by atoms with Crippen molar-refractivity contribution in [2.45, 2.75) is 37.2 Å². The molecule has 0 radical (unpaired) electrons. The summed E-state index contributed by atoms with van der Waals surface area (Å²) < 4.78 is 8.78. The van der Waals surface area contributed by atoms with Crippen LogP contribution >= 0.6 is 39.3 Å². The Balaban J connectivity index is 1.56. The summed E-state index contributed by atoms with van der Waals surface area (Å²) in [5.41, 5.74) is 3.74. The third-order valence-corrected chi connectivity index (χ3v) is 7.90. The molecule has 1 aliphatic heterocycles. The van der Waals surface area contributed by atoms with Gasteiger partial charge in [0.2, 0.25) is 11.1 Å². The van der Waals surface area contributed by atoms with E-state index in [1.54, 1.807) is 4.68 Å². The molecule has 200 valence electrons. The van der Waals surface area contributed by atoms with Crippen LogP contribution in [0.3, 0.4) is 0 Å². The SMILES string of the molecule is CCCOc1ccc(Br)cc1C1C(C(=O)Nc2ccccc2)=C(C)Nc2nc(SCc3ccccc3Cl)nn21. The van der Waals surface area contributed by atoms with Gasteiger partial charge in [0.05, 0.1) is 12.2 Å². The van der Waals surface area contributed by atoms with Crippen molar-refractivity contribution in [3.8, 4) is 5.75 Å². The molecule has 0 saturated heterocycles. The van der Waals surface area contributed by atoms with Crippen LogP contribution in [0.5, 0.6) is 5.75 Å². The Morgan fingerprint density at radius 2 is 1.92 bits per heavy atom. The number of amides is 1. The highest BCUT2D eigenvalue weighted by Gasteiger charge is 2.36. The molecule has 2 heterocycles. The minimum atomic E-state index is -0.573. The number of benzene rings is 3. The summed E-state index contributed by atoms with van der Waals surface area (Å²) in [6.45, 7) is 4.49. The van der Waals surface area contributed by atoms with Gasteiger partial charge in [-0.3, -0.25) is 4.79 Å². The molecule has 1 unspecified atom stereocenters. The van der Waals surface area contributed by atoms with Crippen LogP contribution in [0.1, 0.15) is 37.4 Å². The van der Waals surface area contributed by atoms with E-state index in [0.29, 0.717) is 51.2 Å². The van der Waals surface area contributed by atoms with Crippen LogP contribution in [0.4, 0.5) is 11.6 Å². The number of hydrogen-bond donors (Lipinski definition) is 2. The number of para-hydroxylation sites is 1. The van der Waals surface area contributed by atoms with Crippen molar-refractivity contribution in [2.24, 2.45) is 0 Å². The number of thioether (sulfide) groups is 1. The minimum Gasteiger partial charge on any atom is -0.493 e. The molecule has 0 fully saturated rings. The Hall–Kier alpha value is -3.27. The van der Waals surface area contributed by atoms with Crippen molar-refractivity contribution >= 4 is 56.8 Å². The number of anilines is 2. The fraction of sp³-hybridized carbons (Fsp3) is 0.207. The number of carbonyl (C=O) groups excluding carboxylic acids is 1. The lowest BCUT2D eigenvalue weighted by molar-refractivity contribution is -0.113. The molecule has 4 aromatic rings. The van der Waals surface area contributed by atoms with E-state index >= 15 is 0 Å². The predicted molar refractivity (Wildman–Crippen MR) is 160 cm³/mol. The standard InChI is InChI=1S/C29H27BrClN5O2S/c1-3-15-38-24-14-13-20(30)16-22(24)26-25(27(37)33-21-10-5-4-6-11-21)18(2)32-28-34-29(35-36(26)28)39-17-19-9-7-8-12-23(19)31/h4-14,16,26H,3,15,17H2,1-2H3,(H,33,37)(H,32,34,35). The molecule has 3 aromatic carbocycles. The quantitative estimate of drug-likeness (QED) is 0.186. The first-order chi connectivity index (χ1) is 18.9. The molecule has 39 heavy (non-hydrogen) atoms. The van der Waals surface area contributed by atoms with Crippen LogP contribution in [0.15, 0.2) is 93.7 Å². The number of nitrogens with zero attached hydrogens (tertiary/aromatic N) is 3. The maximum atomic E-state index is 13.8. The van der Waals surface area contributed by atoms with Crippen molar-refractivity contribution in [1.29, 1.82) is 0 Å². The smallest absolute Gasteiger partial charge is 0.255 e. The number of aromatic nitrogens is 3. The van der Waals surface area contributed by atoms with Gasteiger partial charge in [0.25, 0.3) is 5.91 Å². The highest BCUT2D eigenvalue weighted by molar-refractivity contribution is 9.10. The van der Waals surface area contributed by atoms with Crippen molar-refractivity contribution in [3.05, 3.63) is 105 Å². The van der Waals surface area contributed by atoms with Crippen molar-refractivity contribution < 1.29 is 9.53 Å². The number of rotatable bonds is 9. The van der Waals surface area contributed by atoms with Crippen LogP contribution < -0.4 is 15.4 Å². The van der Waals surface area contributed by atoms with E-state index in [-0.39, 0.29) is 5.91 Å². The zero-order chi connectivity index (χ0) is 27.4. The molecule has 5 rings (SSSR count). The first-order valence-electron chi connectivity index (χ1n) is 12.5. The molecule has 10 heteroatoms. The lowest BCUT2D eigenvalue weighted by Crippen LogP contribution is -2.31. The Morgan fingerprint density at radius 1 is 1.15 bits per heavy atom. The topological polar surface area (TPSA) is 81.1 Å². The molecule has 0 spiro atoms. The van der Waals surface area contributed by atoms with E-state index < -0.39 is 6.04 Å². The van der Waals surface area contributed by atoms with Gasteiger partial charge in [-0.05, 0) is 55.3 Å². The predicted octanol–water partition coefficient (Wildman–Crippen LogP) is 7.70. The average molecular weight is 625 g/mol. The van der Waals surface area contributed by atoms with Crippen LogP contribution in [-0.2, 0) is 10.5 Å². The Labute approximate surface area is 245 Å². The third-order valence-electron chi connectivity index (χ3n) is 6.15. The van der Waals surface area contributed by atoms with Gasteiger partial charge in [-0.25, -0.2) is 4.68 Å². The largest absolute Gasteiger partial charge is 0.493 e. The molecule has 1 amide bonds. The molecule has 1 atom stereocenters. The van der Waals surface area contributed by atoms with E-state index in [2.05, 4.69) is 33.5 Å². The second-order valence-corrected chi connectivity index (χ2v) is 11.2. The number of carbonyl (C=O) groups is 1. The Kier molecular flexibility index (Phi) is 8.60. The maximum absolute atomic E-state index is 13.8. The summed E-state index contributed by atoms with van der Waals surface area (Å²) in [5.74, 6) is 1.63. The summed E-state index contributed by atoms with van der Waals surface area (Å²) in [6, 6.07) is 22.4. The van der Waals surface area contributed by atoms with Gasteiger partial charge in [0.15, 0.2) is 0 Å². The van der Waals surface area contributed by atoms with Gasteiger partial charge >= 0.3 is 0 Å². The molecule has 7 nitrogen and oxygen atoms in total. The number of allylic oxidation sites excluding steroid dienone is 1. The second-order valence-electron chi connectivity index (χ2n) is 8.96. The highest BCUT2D eigenvalue weighted by atomic mass is 79.9. The van der Waals surface area contributed by atoms with E-state index in [1.165, 1.54) is 11.8 Å². The minimum absolute atomic E-state index is 0.232. The zero-order valence-electron chi connectivity index (χ0n) is 21.4. The lowest BCUT2D eigenvalue weighted by Gasteiger charge is -2.30. The maximum Gasteiger partial charge on any atom is 0.255 e. The summed E-state index contributed by atoms with van der Waals surface area (Å²) in [4.78, 5) is 18.5. The number of fused-ring (bicyclic) bond motifs is 1. The van der Waals surface area contributed by atoms with Crippen molar-refractivity contribution in [2.75, 3.05) is 17.2 Å². The second kappa shape index (κ2) is 12.3. The van der Waals surface area contributed by atoms with Crippen LogP contribution in [0.2, 0.25) is 5.02 Å². The van der Waals surface area contributed by atoms with Gasteiger partial charge in [-0.1, -0.05) is 82.6 Å². The first-order valence-corrected chi connectivity index (χ1v) is 14.7. The Bertz CT molecular complexity index is 1530. The molecule has 2 N–H and O–H groups in total. The molecule has 0 bridgehead atoms. The molecule has 0 saturated carbocycles. The normalized spacial score (nSPS) is 14.5. The third kappa shape index (κ3) is 6.16. The van der Waals surface area contributed by atoms with Gasteiger partial charge in [0, 0.05) is 32.2 Å². The van der Waals surface area contributed by atoms with Crippen molar-refractivity contribution in [3.63, 3.8) is 0 Å². The molecular weight excluding hydrogens is 598 g/mol. The highest BCUT2D eigenvalue weighted by Crippen LogP contribution is 2.41. The average Bonchev–Trinajstić information content (AvgIpc) is 3.34. The molecular formula is C29H27BrClN5O2S. The van der Waals surface area contributed by atoms with Crippen molar-refractivity contribution in [1.82, 2.24) is 14.8 Å². The lowest BCUT2D eigenvalue weighted by atomic mass is 9.94. The number of ether oxygens (including phenoxy) is 1. The molecule has 0 aliphatic carbocycles. The fourth-order valence-electron chi connectivity index (χ4n) is 4.33. The molecule has 1 aromatic heterocycles. The number of hydrogen-bond acceptors (Lipinski definition) is 6. The van der Waals surface area contributed by atoms with Crippen LogP contribution in [-0.4, -0.2) is 27.3 Å². The summed E-state index contributed by atoms with van der Waals surface area (Å²) in [7, 11) is 0. The summed E-state index contributed by atoms with van der Waals surface area (Å²) >= 11 is 11.5. The Morgan fingerprint density at radius 3 is 2.69 bits per heavy atom.